The molecule has 0 spiro atoms. The zero-order valence-electron chi connectivity index (χ0n) is 16.2. The average molecular weight is 398 g/mol. The molecule has 6 nitrogen and oxygen atoms in total. The highest BCUT2D eigenvalue weighted by Gasteiger charge is 2.15. The summed E-state index contributed by atoms with van der Waals surface area (Å²) in [5.41, 5.74) is 1.57. The Morgan fingerprint density at radius 1 is 1.21 bits per heavy atom. The summed E-state index contributed by atoms with van der Waals surface area (Å²) in [4.78, 5) is 31.5. The monoisotopic (exact) mass is 397 g/mol. The maximum absolute atomic E-state index is 12.7. The smallest absolute Gasteiger partial charge is 0.262 e. The molecule has 0 aliphatic heterocycles. The molecule has 0 atom stereocenters. The first-order chi connectivity index (χ1) is 13.5. The molecule has 146 valence electrons. The van der Waals surface area contributed by atoms with Crippen molar-refractivity contribution in [2.45, 2.75) is 25.2 Å². The number of nitrogens with zero attached hydrogens (tertiary/aromatic N) is 3. The molecule has 1 amide bonds. The minimum absolute atomic E-state index is 0.0297. The number of para-hydroxylation sites is 1. The topological polar surface area (TPSA) is 64.4 Å². The van der Waals surface area contributed by atoms with Crippen LogP contribution in [0.3, 0.4) is 0 Å². The minimum atomic E-state index is -0.0761. The van der Waals surface area contributed by atoms with Gasteiger partial charge in [-0.05, 0) is 36.8 Å². The van der Waals surface area contributed by atoms with Gasteiger partial charge in [-0.25, -0.2) is 4.98 Å². The van der Waals surface area contributed by atoms with Crippen molar-refractivity contribution in [1.29, 1.82) is 0 Å². The first-order valence-corrected chi connectivity index (χ1v) is 10.0. The number of amides is 1. The van der Waals surface area contributed by atoms with Gasteiger partial charge in [0.15, 0.2) is 5.16 Å². The van der Waals surface area contributed by atoms with Gasteiger partial charge < -0.3 is 9.64 Å². The Morgan fingerprint density at radius 3 is 2.75 bits per heavy atom. The summed E-state index contributed by atoms with van der Waals surface area (Å²) < 4.78 is 6.84. The van der Waals surface area contributed by atoms with Crippen molar-refractivity contribution >= 4 is 28.6 Å². The van der Waals surface area contributed by atoms with Crippen LogP contribution in [0, 0.1) is 0 Å². The van der Waals surface area contributed by atoms with E-state index in [4.69, 9.17) is 4.74 Å². The molecule has 0 saturated heterocycles. The van der Waals surface area contributed by atoms with E-state index in [1.54, 1.807) is 29.7 Å². The van der Waals surface area contributed by atoms with E-state index in [0.717, 1.165) is 11.3 Å². The second-order valence-electron chi connectivity index (χ2n) is 6.35. The van der Waals surface area contributed by atoms with Gasteiger partial charge in [-0.1, -0.05) is 36.0 Å². The number of fused-ring (bicyclic) bond motifs is 1. The fourth-order valence-electron chi connectivity index (χ4n) is 2.91. The van der Waals surface area contributed by atoms with Crippen molar-refractivity contribution in [3.8, 4) is 5.75 Å². The lowest BCUT2D eigenvalue weighted by Gasteiger charge is -2.18. The Kier molecular flexibility index (Phi) is 6.36. The number of carbonyl (C=O) groups excluding carboxylic acids is 1. The Labute approximate surface area is 168 Å². The van der Waals surface area contributed by atoms with Gasteiger partial charge in [0.25, 0.3) is 5.56 Å². The predicted octanol–water partition coefficient (Wildman–Crippen LogP) is 3.18. The van der Waals surface area contributed by atoms with Crippen molar-refractivity contribution in [3.63, 3.8) is 0 Å². The van der Waals surface area contributed by atoms with Gasteiger partial charge in [0, 0.05) is 20.1 Å². The number of methoxy groups -OCH3 is 1. The van der Waals surface area contributed by atoms with E-state index >= 15 is 0 Å². The van der Waals surface area contributed by atoms with Crippen LogP contribution in [-0.2, 0) is 17.9 Å². The van der Waals surface area contributed by atoms with E-state index < -0.39 is 0 Å². The van der Waals surface area contributed by atoms with Crippen LogP contribution in [0.2, 0.25) is 0 Å². The lowest BCUT2D eigenvalue weighted by atomic mass is 10.2. The molecule has 3 rings (SSSR count). The number of rotatable bonds is 7. The van der Waals surface area contributed by atoms with Gasteiger partial charge in [-0.15, -0.1) is 0 Å². The third-order valence-corrected chi connectivity index (χ3v) is 5.41. The highest BCUT2D eigenvalue weighted by atomic mass is 32.2. The van der Waals surface area contributed by atoms with Crippen molar-refractivity contribution in [3.05, 3.63) is 64.4 Å². The third-order valence-electron chi connectivity index (χ3n) is 4.45. The quantitative estimate of drug-likeness (QED) is 0.453. The normalized spacial score (nSPS) is 10.8. The summed E-state index contributed by atoms with van der Waals surface area (Å²) in [6.45, 7) is 2.90. The molecular formula is C21H23N3O3S. The van der Waals surface area contributed by atoms with Gasteiger partial charge in [-0.2, -0.15) is 0 Å². The molecular weight excluding hydrogens is 374 g/mol. The van der Waals surface area contributed by atoms with Crippen LogP contribution in [0.5, 0.6) is 5.75 Å². The molecule has 28 heavy (non-hydrogen) atoms. The summed E-state index contributed by atoms with van der Waals surface area (Å²) in [7, 11) is 3.39. The summed E-state index contributed by atoms with van der Waals surface area (Å²) in [6.07, 6.45) is 0. The third kappa shape index (κ3) is 4.36. The van der Waals surface area contributed by atoms with Gasteiger partial charge in [0.2, 0.25) is 5.91 Å². The molecule has 3 aromatic rings. The summed E-state index contributed by atoms with van der Waals surface area (Å²) in [6, 6.07) is 14.9. The molecule has 0 radical (unpaired) electrons. The summed E-state index contributed by atoms with van der Waals surface area (Å²) >= 11 is 1.29. The summed E-state index contributed by atoms with van der Waals surface area (Å²) in [5.74, 6) is 0.948. The van der Waals surface area contributed by atoms with E-state index in [0.29, 0.717) is 29.1 Å². The maximum Gasteiger partial charge on any atom is 0.262 e. The van der Waals surface area contributed by atoms with Crippen molar-refractivity contribution in [2.24, 2.45) is 0 Å². The van der Waals surface area contributed by atoms with Gasteiger partial charge in [-0.3, -0.25) is 14.2 Å². The fourth-order valence-corrected chi connectivity index (χ4v) is 3.91. The number of hydrogen-bond donors (Lipinski definition) is 0. The van der Waals surface area contributed by atoms with Gasteiger partial charge in [0.1, 0.15) is 5.75 Å². The first kappa shape index (κ1) is 19.9. The molecule has 7 heteroatoms. The average Bonchev–Trinajstić information content (AvgIpc) is 2.72. The molecule has 0 bridgehead atoms. The van der Waals surface area contributed by atoms with Gasteiger partial charge >= 0.3 is 0 Å². The number of thioether (sulfide) groups is 1. The molecule has 0 aliphatic carbocycles. The SMILES string of the molecule is CCn1c(SCC(=O)N(C)Cc2cccc(OC)c2)nc2ccccc2c1=O. The second kappa shape index (κ2) is 8.93. The fraction of sp³-hybridized carbons (Fsp3) is 0.286. The van der Waals surface area contributed by atoms with Crippen molar-refractivity contribution < 1.29 is 9.53 Å². The standard InChI is InChI=1S/C21H23N3O3S/c1-4-24-20(26)17-10-5-6-11-18(17)22-21(24)28-14-19(25)23(2)13-15-8-7-9-16(12-15)27-3/h5-12H,4,13-14H2,1-3H3. The van der Waals surface area contributed by atoms with E-state index in [1.165, 1.54) is 11.8 Å². The Hall–Kier alpha value is -2.80. The maximum atomic E-state index is 12.7. The van der Waals surface area contributed by atoms with E-state index in [-0.39, 0.29) is 17.2 Å². The molecule has 0 unspecified atom stereocenters. The largest absolute Gasteiger partial charge is 0.497 e. The number of hydrogen-bond acceptors (Lipinski definition) is 5. The highest BCUT2D eigenvalue weighted by molar-refractivity contribution is 7.99. The second-order valence-corrected chi connectivity index (χ2v) is 7.29. The van der Waals surface area contributed by atoms with Crippen LogP contribution in [0.1, 0.15) is 12.5 Å². The Morgan fingerprint density at radius 2 is 2.00 bits per heavy atom. The van der Waals surface area contributed by atoms with Crippen LogP contribution in [0.15, 0.2) is 58.5 Å². The van der Waals surface area contributed by atoms with Crippen LogP contribution in [0.25, 0.3) is 10.9 Å². The predicted molar refractivity (Wildman–Crippen MR) is 112 cm³/mol. The molecule has 0 saturated carbocycles. The Bertz CT molecular complexity index is 1050. The van der Waals surface area contributed by atoms with Crippen LogP contribution >= 0.6 is 11.8 Å². The molecule has 2 aromatic carbocycles. The van der Waals surface area contributed by atoms with Crippen molar-refractivity contribution in [1.82, 2.24) is 14.5 Å². The minimum Gasteiger partial charge on any atom is -0.497 e. The number of benzene rings is 2. The van der Waals surface area contributed by atoms with Crippen LogP contribution < -0.4 is 10.3 Å². The Balaban J connectivity index is 1.72. The number of ether oxygens (including phenoxy) is 1. The zero-order valence-corrected chi connectivity index (χ0v) is 17.0. The lowest BCUT2D eigenvalue weighted by molar-refractivity contribution is -0.127. The van der Waals surface area contributed by atoms with E-state index in [1.807, 2.05) is 49.4 Å². The van der Waals surface area contributed by atoms with Crippen LogP contribution in [-0.4, -0.2) is 40.3 Å². The highest BCUT2D eigenvalue weighted by Crippen LogP contribution is 2.19. The number of aromatic nitrogens is 2. The zero-order chi connectivity index (χ0) is 20.1. The van der Waals surface area contributed by atoms with E-state index in [2.05, 4.69) is 4.98 Å². The van der Waals surface area contributed by atoms with Crippen molar-refractivity contribution in [2.75, 3.05) is 19.9 Å². The summed E-state index contributed by atoms with van der Waals surface area (Å²) in [5, 5.41) is 1.16. The van der Waals surface area contributed by atoms with Gasteiger partial charge in [0.05, 0.1) is 23.8 Å². The lowest BCUT2D eigenvalue weighted by Crippen LogP contribution is -2.28. The number of carbonyl (C=O) groups is 1. The molecule has 1 aromatic heterocycles. The molecule has 1 heterocycles. The molecule has 0 fully saturated rings. The molecule has 0 aliphatic rings. The van der Waals surface area contributed by atoms with E-state index in [9.17, 15) is 9.59 Å². The van der Waals surface area contributed by atoms with Crippen LogP contribution in [0.4, 0.5) is 0 Å². The molecule has 0 N–H and O–H groups in total. The first-order valence-electron chi connectivity index (χ1n) is 9.02.